The molecule has 0 unspecified atom stereocenters. The van der Waals surface area contributed by atoms with Crippen LogP contribution in [0.25, 0.3) is 11.0 Å². The minimum Gasteiger partial charge on any atom is -0.342 e. The van der Waals surface area contributed by atoms with E-state index >= 15 is 0 Å². The molecule has 0 spiro atoms. The van der Waals surface area contributed by atoms with Crippen LogP contribution in [0.15, 0.2) is 82.6 Å². The van der Waals surface area contributed by atoms with E-state index in [0.29, 0.717) is 5.92 Å². The van der Waals surface area contributed by atoms with Crippen molar-refractivity contribution in [1.29, 1.82) is 0 Å². The van der Waals surface area contributed by atoms with Gasteiger partial charge in [0.25, 0.3) is 0 Å². The minimum atomic E-state index is 0.346. The number of fused-ring (bicyclic) bond motifs is 3. The molecule has 0 fully saturated rings. The summed E-state index contributed by atoms with van der Waals surface area (Å²) in [4.78, 5) is 11.0. The normalized spacial score (nSPS) is 13.7. The minimum absolute atomic E-state index is 0.346. The van der Waals surface area contributed by atoms with E-state index in [2.05, 4.69) is 65.6 Å². The molecule has 1 aliphatic heterocycles. The van der Waals surface area contributed by atoms with Gasteiger partial charge in [-0.3, -0.25) is 0 Å². The number of nitrogens with zero attached hydrogens (tertiary/aromatic N) is 1. The van der Waals surface area contributed by atoms with Crippen molar-refractivity contribution in [3.8, 4) is 0 Å². The Kier molecular flexibility index (Phi) is 3.20. The predicted octanol–water partition coefficient (Wildman–Crippen LogP) is 5.40. The predicted molar refractivity (Wildman–Crippen MR) is 98.6 cm³/mol. The lowest BCUT2D eigenvalue weighted by Gasteiger charge is -2.27. The number of benzene rings is 3. The molecule has 1 aromatic heterocycles. The fourth-order valence-corrected chi connectivity index (χ4v) is 4.71. The Morgan fingerprint density at radius 3 is 2.12 bits per heavy atom. The Morgan fingerprint density at radius 2 is 1.42 bits per heavy atom. The average molecular weight is 328 g/mol. The zero-order valence-electron chi connectivity index (χ0n) is 13.1. The Morgan fingerprint density at radius 1 is 0.792 bits per heavy atom. The third kappa shape index (κ3) is 2.24. The van der Waals surface area contributed by atoms with Gasteiger partial charge in [0.15, 0.2) is 0 Å². The summed E-state index contributed by atoms with van der Waals surface area (Å²) in [6.07, 6.45) is 0.892. The topological polar surface area (TPSA) is 28.7 Å². The van der Waals surface area contributed by atoms with E-state index in [1.165, 1.54) is 20.9 Å². The lowest BCUT2D eigenvalue weighted by atomic mass is 9.88. The van der Waals surface area contributed by atoms with Gasteiger partial charge in [-0.2, -0.15) is 0 Å². The highest BCUT2D eigenvalue weighted by atomic mass is 32.2. The van der Waals surface area contributed by atoms with Crippen molar-refractivity contribution in [2.45, 2.75) is 22.1 Å². The van der Waals surface area contributed by atoms with E-state index in [1.807, 2.05) is 23.9 Å². The van der Waals surface area contributed by atoms with Crippen LogP contribution in [0.4, 0.5) is 0 Å². The molecule has 0 radical (unpaired) electrons. The van der Waals surface area contributed by atoms with Gasteiger partial charge < -0.3 is 4.98 Å². The van der Waals surface area contributed by atoms with Gasteiger partial charge in [0.1, 0.15) is 5.82 Å². The van der Waals surface area contributed by atoms with Crippen molar-refractivity contribution in [2.75, 3.05) is 0 Å². The van der Waals surface area contributed by atoms with Crippen molar-refractivity contribution in [1.82, 2.24) is 9.97 Å². The third-order valence-electron chi connectivity index (χ3n) is 4.64. The molecule has 2 heterocycles. The molecule has 0 amide bonds. The lowest BCUT2D eigenvalue weighted by molar-refractivity contribution is 0.734. The van der Waals surface area contributed by atoms with Gasteiger partial charge in [0, 0.05) is 22.1 Å². The van der Waals surface area contributed by atoms with Crippen molar-refractivity contribution in [3.63, 3.8) is 0 Å². The maximum Gasteiger partial charge on any atom is 0.108 e. The molecule has 2 nitrogen and oxygen atoms in total. The number of hydrogen-bond acceptors (Lipinski definition) is 2. The largest absolute Gasteiger partial charge is 0.342 e. The quantitative estimate of drug-likeness (QED) is 0.533. The number of imidazole rings is 1. The molecule has 5 rings (SSSR count). The van der Waals surface area contributed by atoms with Crippen molar-refractivity contribution < 1.29 is 0 Å². The van der Waals surface area contributed by atoms with Crippen molar-refractivity contribution in [3.05, 3.63) is 89.7 Å². The molecule has 3 aromatic carbocycles. The van der Waals surface area contributed by atoms with E-state index in [-0.39, 0.29) is 0 Å². The summed E-state index contributed by atoms with van der Waals surface area (Å²) in [5.74, 6) is 1.40. The number of para-hydroxylation sites is 2. The van der Waals surface area contributed by atoms with Gasteiger partial charge in [-0.1, -0.05) is 60.3 Å². The van der Waals surface area contributed by atoms with Gasteiger partial charge in [-0.25, -0.2) is 4.98 Å². The molecular weight excluding hydrogens is 312 g/mol. The van der Waals surface area contributed by atoms with Crippen LogP contribution in [0.3, 0.4) is 0 Å². The zero-order valence-corrected chi connectivity index (χ0v) is 13.9. The Hall–Kier alpha value is -2.52. The number of H-pyrrole nitrogens is 1. The van der Waals surface area contributed by atoms with E-state index in [1.54, 1.807) is 0 Å². The van der Waals surface area contributed by atoms with Crippen LogP contribution in [-0.2, 0) is 6.42 Å². The molecule has 0 saturated heterocycles. The van der Waals surface area contributed by atoms with Crippen LogP contribution in [0.5, 0.6) is 0 Å². The lowest BCUT2D eigenvalue weighted by Crippen LogP contribution is -2.11. The number of aromatic nitrogens is 2. The highest BCUT2D eigenvalue weighted by molar-refractivity contribution is 7.99. The van der Waals surface area contributed by atoms with Crippen LogP contribution in [0.1, 0.15) is 22.9 Å². The summed E-state index contributed by atoms with van der Waals surface area (Å²) in [5.41, 5.74) is 4.96. The average Bonchev–Trinajstić information content (AvgIpc) is 3.04. The first kappa shape index (κ1) is 13.9. The van der Waals surface area contributed by atoms with Gasteiger partial charge in [-0.05, 0) is 35.4 Å². The molecule has 0 bridgehead atoms. The third-order valence-corrected chi connectivity index (χ3v) is 5.83. The number of nitrogens with one attached hydrogen (secondary N) is 1. The van der Waals surface area contributed by atoms with Crippen LogP contribution in [-0.4, -0.2) is 9.97 Å². The summed E-state index contributed by atoms with van der Waals surface area (Å²) in [7, 11) is 0. The van der Waals surface area contributed by atoms with Crippen molar-refractivity contribution in [2.24, 2.45) is 0 Å². The monoisotopic (exact) mass is 328 g/mol. The SMILES string of the molecule is c1ccc2c(c1)Sc1ccccc1C2Cc1nc2ccccc2[nH]1. The van der Waals surface area contributed by atoms with Crippen molar-refractivity contribution >= 4 is 22.8 Å². The van der Waals surface area contributed by atoms with Gasteiger partial charge in [0.05, 0.1) is 11.0 Å². The molecular formula is C21H16N2S. The maximum absolute atomic E-state index is 4.79. The van der Waals surface area contributed by atoms with Crippen LogP contribution in [0.2, 0.25) is 0 Å². The Labute approximate surface area is 145 Å². The molecule has 1 N–H and O–H groups in total. The summed E-state index contributed by atoms with van der Waals surface area (Å²) in [6, 6.07) is 25.7. The second-order valence-electron chi connectivity index (χ2n) is 6.14. The highest BCUT2D eigenvalue weighted by Gasteiger charge is 2.26. The van der Waals surface area contributed by atoms with E-state index in [0.717, 1.165) is 23.3 Å². The molecule has 0 saturated carbocycles. The molecule has 116 valence electrons. The van der Waals surface area contributed by atoms with E-state index in [9.17, 15) is 0 Å². The fourth-order valence-electron chi connectivity index (χ4n) is 3.52. The Bertz CT molecular complexity index is 956. The fraction of sp³-hybridized carbons (Fsp3) is 0.0952. The summed E-state index contributed by atoms with van der Waals surface area (Å²) >= 11 is 1.87. The van der Waals surface area contributed by atoms with Gasteiger partial charge in [0.2, 0.25) is 0 Å². The maximum atomic E-state index is 4.79. The summed E-state index contributed by atoms with van der Waals surface area (Å²) < 4.78 is 0. The first-order valence-electron chi connectivity index (χ1n) is 8.18. The second kappa shape index (κ2) is 5.53. The standard InChI is InChI=1S/C21H16N2S/c1-5-11-19-14(7-1)16(15-8-2-6-12-20(15)24-19)13-21-22-17-9-3-4-10-18(17)23-21/h1-12,16H,13H2,(H,22,23). The first-order valence-corrected chi connectivity index (χ1v) is 8.99. The molecule has 1 aliphatic rings. The van der Waals surface area contributed by atoms with Crippen LogP contribution >= 0.6 is 11.8 Å². The van der Waals surface area contributed by atoms with E-state index in [4.69, 9.17) is 4.98 Å². The van der Waals surface area contributed by atoms with Crippen LogP contribution in [0, 0.1) is 0 Å². The Balaban J connectivity index is 1.62. The smallest absolute Gasteiger partial charge is 0.108 e. The number of rotatable bonds is 2. The summed E-state index contributed by atoms with van der Waals surface area (Å²) in [5, 5.41) is 0. The molecule has 0 atom stereocenters. The van der Waals surface area contributed by atoms with Gasteiger partial charge >= 0.3 is 0 Å². The van der Waals surface area contributed by atoms with Crippen LogP contribution < -0.4 is 0 Å². The highest BCUT2D eigenvalue weighted by Crippen LogP contribution is 2.46. The molecule has 0 aliphatic carbocycles. The number of aromatic amines is 1. The zero-order chi connectivity index (χ0) is 15.9. The molecule has 24 heavy (non-hydrogen) atoms. The first-order chi connectivity index (χ1) is 11.9. The number of hydrogen-bond donors (Lipinski definition) is 1. The second-order valence-corrected chi connectivity index (χ2v) is 7.22. The van der Waals surface area contributed by atoms with Gasteiger partial charge in [-0.15, -0.1) is 0 Å². The molecule has 4 aromatic rings. The van der Waals surface area contributed by atoms with E-state index < -0.39 is 0 Å². The molecule has 3 heteroatoms. The summed E-state index contributed by atoms with van der Waals surface area (Å²) in [6.45, 7) is 0.